The Bertz CT molecular complexity index is 481. The number of primary amides is 1. The molecule has 2 rings (SSSR count). The molecule has 0 bridgehead atoms. The first-order valence-corrected chi connectivity index (χ1v) is 7.21. The Hall–Kier alpha value is -1.75. The van der Waals surface area contributed by atoms with E-state index in [9.17, 15) is 4.79 Å². The highest BCUT2D eigenvalue weighted by Crippen LogP contribution is 2.22. The fraction of sp³-hybridized carbons (Fsp3) is 0.533. The molecule has 0 radical (unpaired) electrons. The number of nitrogens with zero attached hydrogens (tertiary/aromatic N) is 2. The summed E-state index contributed by atoms with van der Waals surface area (Å²) in [5.74, 6) is -0.470. The molecular formula is C15H24N4O. The van der Waals surface area contributed by atoms with Crippen LogP contribution in [0.3, 0.4) is 0 Å². The minimum atomic E-state index is -0.470. The van der Waals surface area contributed by atoms with E-state index in [1.807, 2.05) is 6.07 Å². The van der Waals surface area contributed by atoms with E-state index >= 15 is 0 Å². The lowest BCUT2D eigenvalue weighted by atomic mass is 10.1. The van der Waals surface area contributed by atoms with Crippen LogP contribution in [0.15, 0.2) is 18.2 Å². The molecule has 0 aliphatic carbocycles. The molecule has 1 atom stereocenters. The monoisotopic (exact) mass is 276 g/mol. The number of carbonyl (C=O) groups excluding carboxylic acids is 1. The van der Waals surface area contributed by atoms with Gasteiger partial charge in [-0.25, -0.2) is 0 Å². The van der Waals surface area contributed by atoms with Crippen LogP contribution in [-0.2, 0) is 0 Å². The highest BCUT2D eigenvalue weighted by molar-refractivity contribution is 5.99. The van der Waals surface area contributed by atoms with Crippen LogP contribution in [0.4, 0.5) is 11.4 Å². The summed E-state index contributed by atoms with van der Waals surface area (Å²) in [7, 11) is 0. The lowest BCUT2D eigenvalue weighted by molar-refractivity contribution is 0.100. The molecule has 1 amide bonds. The van der Waals surface area contributed by atoms with Crippen molar-refractivity contribution in [3.63, 3.8) is 0 Å². The van der Waals surface area contributed by atoms with Crippen molar-refractivity contribution in [2.24, 2.45) is 5.73 Å². The first-order chi connectivity index (χ1) is 9.52. The van der Waals surface area contributed by atoms with Crippen LogP contribution in [-0.4, -0.2) is 43.0 Å². The number of anilines is 2. The second-order valence-corrected chi connectivity index (χ2v) is 5.42. The average molecular weight is 276 g/mol. The molecule has 1 fully saturated rings. The van der Waals surface area contributed by atoms with Crippen molar-refractivity contribution in [2.45, 2.75) is 26.3 Å². The van der Waals surface area contributed by atoms with Gasteiger partial charge in [0.15, 0.2) is 0 Å². The van der Waals surface area contributed by atoms with Crippen molar-refractivity contribution in [1.82, 2.24) is 4.90 Å². The van der Waals surface area contributed by atoms with Gasteiger partial charge >= 0.3 is 0 Å². The van der Waals surface area contributed by atoms with Gasteiger partial charge in [-0.2, -0.15) is 0 Å². The van der Waals surface area contributed by atoms with E-state index in [4.69, 9.17) is 11.5 Å². The number of benzene rings is 1. The van der Waals surface area contributed by atoms with E-state index in [0.29, 0.717) is 17.3 Å². The predicted molar refractivity (Wildman–Crippen MR) is 82.9 cm³/mol. The lowest BCUT2D eigenvalue weighted by Crippen LogP contribution is -2.49. The molecule has 1 aliphatic heterocycles. The van der Waals surface area contributed by atoms with E-state index in [0.717, 1.165) is 31.9 Å². The van der Waals surface area contributed by atoms with Gasteiger partial charge in [0, 0.05) is 43.6 Å². The molecule has 20 heavy (non-hydrogen) atoms. The van der Waals surface area contributed by atoms with Crippen LogP contribution < -0.4 is 16.4 Å². The van der Waals surface area contributed by atoms with Gasteiger partial charge in [0.25, 0.3) is 5.91 Å². The quantitative estimate of drug-likeness (QED) is 0.813. The third kappa shape index (κ3) is 3.04. The number of amides is 1. The smallest absolute Gasteiger partial charge is 0.250 e. The summed E-state index contributed by atoms with van der Waals surface area (Å²) in [6.07, 6.45) is 1.17. The Morgan fingerprint density at radius 3 is 2.50 bits per heavy atom. The summed E-state index contributed by atoms with van der Waals surface area (Å²) in [5, 5.41) is 0. The van der Waals surface area contributed by atoms with E-state index in [2.05, 4.69) is 23.6 Å². The number of rotatable bonds is 4. The lowest BCUT2D eigenvalue weighted by Gasteiger charge is -2.39. The van der Waals surface area contributed by atoms with Gasteiger partial charge < -0.3 is 16.4 Å². The highest BCUT2D eigenvalue weighted by Gasteiger charge is 2.21. The summed E-state index contributed by atoms with van der Waals surface area (Å²) in [6.45, 7) is 8.51. The maximum Gasteiger partial charge on any atom is 0.250 e. The van der Waals surface area contributed by atoms with Crippen molar-refractivity contribution in [2.75, 3.05) is 36.8 Å². The Kier molecular flexibility index (Phi) is 4.49. The third-order valence-corrected chi connectivity index (χ3v) is 4.20. The molecule has 110 valence electrons. The summed E-state index contributed by atoms with van der Waals surface area (Å²) in [4.78, 5) is 16.1. The molecule has 1 aromatic rings. The average Bonchev–Trinajstić information content (AvgIpc) is 2.47. The molecule has 5 nitrogen and oxygen atoms in total. The van der Waals surface area contributed by atoms with Crippen LogP contribution in [0.5, 0.6) is 0 Å². The maximum atomic E-state index is 11.4. The zero-order valence-corrected chi connectivity index (χ0v) is 12.3. The van der Waals surface area contributed by atoms with E-state index in [1.165, 1.54) is 6.42 Å². The molecule has 0 saturated carbocycles. The summed E-state index contributed by atoms with van der Waals surface area (Å²) < 4.78 is 0. The number of nitrogen functional groups attached to an aromatic ring is 1. The molecule has 4 N–H and O–H groups in total. The first kappa shape index (κ1) is 14.7. The molecule has 1 aromatic carbocycles. The molecule has 0 aromatic heterocycles. The van der Waals surface area contributed by atoms with Gasteiger partial charge in [0.1, 0.15) is 0 Å². The molecule has 1 unspecified atom stereocenters. The fourth-order valence-corrected chi connectivity index (χ4v) is 2.63. The van der Waals surface area contributed by atoms with Crippen LogP contribution in [0.2, 0.25) is 0 Å². The van der Waals surface area contributed by atoms with Crippen molar-refractivity contribution >= 4 is 17.3 Å². The fourth-order valence-electron chi connectivity index (χ4n) is 2.63. The van der Waals surface area contributed by atoms with E-state index < -0.39 is 5.91 Å². The van der Waals surface area contributed by atoms with Gasteiger partial charge in [-0.05, 0) is 31.5 Å². The SMILES string of the molecule is CCC(C)N1CCN(c2ccc(N)c(C(N)=O)c2)CC1. The Labute approximate surface area is 120 Å². The first-order valence-electron chi connectivity index (χ1n) is 7.21. The second-order valence-electron chi connectivity index (χ2n) is 5.42. The van der Waals surface area contributed by atoms with Crippen LogP contribution in [0.1, 0.15) is 30.6 Å². The normalized spacial score (nSPS) is 18.0. The Balaban J connectivity index is 2.07. The standard InChI is InChI=1S/C15H24N4O/c1-3-11(2)18-6-8-19(9-7-18)12-4-5-14(16)13(10-12)15(17)20/h4-5,10-11H,3,6-9,16H2,1-2H3,(H2,17,20). The number of carbonyl (C=O) groups is 1. The molecular weight excluding hydrogens is 252 g/mol. The van der Waals surface area contributed by atoms with Crippen LogP contribution in [0.25, 0.3) is 0 Å². The van der Waals surface area contributed by atoms with Crippen molar-refractivity contribution in [3.8, 4) is 0 Å². The van der Waals surface area contributed by atoms with Gasteiger partial charge in [0.2, 0.25) is 0 Å². The molecule has 1 heterocycles. The van der Waals surface area contributed by atoms with Crippen molar-refractivity contribution in [3.05, 3.63) is 23.8 Å². The van der Waals surface area contributed by atoms with E-state index in [1.54, 1.807) is 12.1 Å². The number of hydrogen-bond donors (Lipinski definition) is 2. The van der Waals surface area contributed by atoms with Crippen LogP contribution >= 0.6 is 0 Å². The largest absolute Gasteiger partial charge is 0.398 e. The number of hydrogen-bond acceptors (Lipinski definition) is 4. The summed E-state index contributed by atoms with van der Waals surface area (Å²) in [6, 6.07) is 6.15. The second kappa shape index (κ2) is 6.13. The minimum absolute atomic E-state index is 0.409. The third-order valence-electron chi connectivity index (χ3n) is 4.20. The molecule has 1 saturated heterocycles. The Morgan fingerprint density at radius 2 is 1.95 bits per heavy atom. The van der Waals surface area contributed by atoms with Gasteiger partial charge in [0.05, 0.1) is 5.56 Å². The van der Waals surface area contributed by atoms with Crippen LogP contribution in [0, 0.1) is 0 Å². The van der Waals surface area contributed by atoms with Gasteiger partial charge in [-0.1, -0.05) is 6.92 Å². The Morgan fingerprint density at radius 1 is 1.30 bits per heavy atom. The number of piperazine rings is 1. The minimum Gasteiger partial charge on any atom is -0.398 e. The highest BCUT2D eigenvalue weighted by atomic mass is 16.1. The van der Waals surface area contributed by atoms with Gasteiger partial charge in [-0.3, -0.25) is 9.69 Å². The predicted octanol–water partition coefficient (Wildman–Crippen LogP) is 1.29. The topological polar surface area (TPSA) is 75.6 Å². The molecule has 5 heteroatoms. The van der Waals surface area contributed by atoms with E-state index in [-0.39, 0.29) is 0 Å². The van der Waals surface area contributed by atoms with Gasteiger partial charge in [-0.15, -0.1) is 0 Å². The zero-order chi connectivity index (χ0) is 14.7. The maximum absolute atomic E-state index is 11.4. The zero-order valence-electron chi connectivity index (χ0n) is 12.3. The number of nitrogens with two attached hydrogens (primary N) is 2. The summed E-state index contributed by atoms with van der Waals surface area (Å²) >= 11 is 0. The molecule has 0 spiro atoms. The molecule has 1 aliphatic rings. The van der Waals surface area contributed by atoms with Crippen molar-refractivity contribution < 1.29 is 4.79 Å². The summed E-state index contributed by atoms with van der Waals surface area (Å²) in [5.41, 5.74) is 13.0. The van der Waals surface area contributed by atoms with Crippen molar-refractivity contribution in [1.29, 1.82) is 0 Å².